The molecular formula is C17H18O3. The monoisotopic (exact) mass is 270 g/mol. The van der Waals surface area contributed by atoms with Gasteiger partial charge in [0.15, 0.2) is 0 Å². The summed E-state index contributed by atoms with van der Waals surface area (Å²) in [7, 11) is 0. The Hall–Kier alpha value is -2.29. The van der Waals surface area contributed by atoms with Crippen LogP contribution in [0.25, 0.3) is 6.08 Å². The average molecular weight is 270 g/mol. The smallest absolute Gasteiger partial charge is 0.330 e. The van der Waals surface area contributed by atoms with Crippen molar-refractivity contribution in [3.63, 3.8) is 0 Å². The summed E-state index contributed by atoms with van der Waals surface area (Å²) in [5, 5.41) is 0. The minimum absolute atomic E-state index is 0.311. The van der Waals surface area contributed by atoms with Crippen molar-refractivity contribution in [1.29, 1.82) is 0 Å². The molecule has 0 saturated carbocycles. The Morgan fingerprint density at radius 1 is 1.40 bits per heavy atom. The van der Waals surface area contributed by atoms with Crippen molar-refractivity contribution in [2.24, 2.45) is 0 Å². The fraction of sp³-hybridized carbons (Fsp3) is 0.235. The molecule has 0 fully saturated rings. The summed E-state index contributed by atoms with van der Waals surface area (Å²) in [5.74, 6) is 0.595. The van der Waals surface area contributed by atoms with Crippen LogP contribution in [-0.2, 0) is 9.53 Å². The zero-order valence-corrected chi connectivity index (χ0v) is 11.8. The lowest BCUT2D eigenvalue weighted by Gasteiger charge is -2.15. The first kappa shape index (κ1) is 14.1. The van der Waals surface area contributed by atoms with Crippen LogP contribution in [0.3, 0.4) is 0 Å². The summed E-state index contributed by atoms with van der Waals surface area (Å²) in [6.07, 6.45) is 7.42. The molecule has 0 atom stereocenters. The van der Waals surface area contributed by atoms with Gasteiger partial charge in [0.25, 0.3) is 0 Å². The van der Waals surface area contributed by atoms with Crippen molar-refractivity contribution >= 4 is 12.0 Å². The van der Waals surface area contributed by atoms with Gasteiger partial charge in [-0.3, -0.25) is 0 Å². The first-order valence-electron chi connectivity index (χ1n) is 6.64. The average Bonchev–Trinajstić information content (AvgIpc) is 2.45. The third-order valence-corrected chi connectivity index (χ3v) is 2.85. The summed E-state index contributed by atoms with van der Waals surface area (Å²) < 4.78 is 10.5. The van der Waals surface area contributed by atoms with E-state index in [2.05, 4.69) is 6.08 Å². The topological polar surface area (TPSA) is 35.5 Å². The van der Waals surface area contributed by atoms with Crippen LogP contribution in [0.2, 0.25) is 0 Å². The first-order chi connectivity index (χ1) is 9.69. The summed E-state index contributed by atoms with van der Waals surface area (Å²) >= 11 is 0. The number of para-hydroxylation sites is 1. The fourth-order valence-electron chi connectivity index (χ4n) is 1.89. The number of allylic oxidation sites excluding steroid dienone is 2. The maximum Gasteiger partial charge on any atom is 0.330 e. The van der Waals surface area contributed by atoms with Gasteiger partial charge >= 0.3 is 5.97 Å². The fourth-order valence-corrected chi connectivity index (χ4v) is 1.89. The molecule has 0 radical (unpaired) electrons. The second kappa shape index (κ2) is 6.75. The lowest BCUT2D eigenvalue weighted by Crippen LogP contribution is -2.05. The molecule has 0 amide bonds. The van der Waals surface area contributed by atoms with Crippen LogP contribution in [-0.4, -0.2) is 19.2 Å². The standard InChI is InChI=1S/C17H18O3/c1-3-19-17(18)10-13(2)8-9-14-11-15-6-4-5-7-16(15)20-12-14/h4-11H,3,12H2,1-2H3/b9-8+,13-10+. The van der Waals surface area contributed by atoms with Crippen LogP contribution in [0, 0.1) is 0 Å². The molecule has 2 rings (SSSR count). The number of fused-ring (bicyclic) bond motifs is 1. The van der Waals surface area contributed by atoms with Gasteiger partial charge in [0.05, 0.1) is 6.61 Å². The number of carbonyl (C=O) groups is 1. The van der Waals surface area contributed by atoms with Crippen molar-refractivity contribution in [2.45, 2.75) is 13.8 Å². The van der Waals surface area contributed by atoms with Gasteiger partial charge in [0, 0.05) is 11.6 Å². The van der Waals surface area contributed by atoms with Gasteiger partial charge in [-0.15, -0.1) is 0 Å². The highest BCUT2D eigenvalue weighted by Crippen LogP contribution is 2.26. The SMILES string of the molecule is CCOC(=O)/C=C(C)/C=C/C1=Cc2ccccc2OC1. The number of hydrogen-bond donors (Lipinski definition) is 0. The zero-order chi connectivity index (χ0) is 14.4. The molecule has 3 nitrogen and oxygen atoms in total. The minimum atomic E-state index is -0.311. The van der Waals surface area contributed by atoms with Crippen LogP contribution < -0.4 is 4.74 Å². The van der Waals surface area contributed by atoms with Gasteiger partial charge in [-0.25, -0.2) is 4.79 Å². The molecule has 0 N–H and O–H groups in total. The molecule has 20 heavy (non-hydrogen) atoms. The van der Waals surface area contributed by atoms with Gasteiger partial charge < -0.3 is 9.47 Å². The lowest BCUT2D eigenvalue weighted by atomic mass is 10.1. The molecule has 0 unspecified atom stereocenters. The van der Waals surface area contributed by atoms with E-state index in [-0.39, 0.29) is 5.97 Å². The number of benzene rings is 1. The largest absolute Gasteiger partial charge is 0.488 e. The molecular weight excluding hydrogens is 252 g/mol. The van der Waals surface area contributed by atoms with E-state index >= 15 is 0 Å². The summed E-state index contributed by atoms with van der Waals surface area (Å²) in [6, 6.07) is 7.92. The third kappa shape index (κ3) is 3.85. The molecule has 1 aliphatic rings. The predicted octanol–water partition coefficient (Wildman–Crippen LogP) is 3.53. The van der Waals surface area contributed by atoms with E-state index in [4.69, 9.17) is 9.47 Å². The van der Waals surface area contributed by atoms with Gasteiger partial charge in [0.1, 0.15) is 12.4 Å². The second-order valence-corrected chi connectivity index (χ2v) is 4.52. The van der Waals surface area contributed by atoms with Crippen molar-refractivity contribution in [2.75, 3.05) is 13.2 Å². The van der Waals surface area contributed by atoms with Crippen LogP contribution in [0.15, 0.2) is 53.6 Å². The lowest BCUT2D eigenvalue weighted by molar-refractivity contribution is -0.137. The third-order valence-electron chi connectivity index (χ3n) is 2.85. The molecule has 1 heterocycles. The maximum atomic E-state index is 11.3. The van der Waals surface area contributed by atoms with E-state index in [0.29, 0.717) is 13.2 Å². The maximum absolute atomic E-state index is 11.3. The Bertz CT molecular complexity index is 580. The van der Waals surface area contributed by atoms with Crippen molar-refractivity contribution < 1.29 is 14.3 Å². The molecule has 0 bridgehead atoms. The van der Waals surface area contributed by atoms with Gasteiger partial charge in [-0.1, -0.05) is 30.4 Å². The first-order valence-corrected chi connectivity index (χ1v) is 6.64. The van der Waals surface area contributed by atoms with Gasteiger partial charge in [-0.2, -0.15) is 0 Å². The van der Waals surface area contributed by atoms with E-state index in [9.17, 15) is 4.79 Å². The highest BCUT2D eigenvalue weighted by atomic mass is 16.5. The van der Waals surface area contributed by atoms with Crippen molar-refractivity contribution in [3.8, 4) is 5.75 Å². The summed E-state index contributed by atoms with van der Waals surface area (Å²) in [4.78, 5) is 11.3. The van der Waals surface area contributed by atoms with E-state index in [1.165, 1.54) is 6.08 Å². The Kier molecular flexibility index (Phi) is 4.77. The normalized spacial score (nSPS) is 14.5. The Balaban J connectivity index is 2.06. The second-order valence-electron chi connectivity index (χ2n) is 4.52. The van der Waals surface area contributed by atoms with Crippen LogP contribution >= 0.6 is 0 Å². The Labute approximate surface area is 119 Å². The van der Waals surface area contributed by atoms with Gasteiger partial charge in [0.2, 0.25) is 0 Å². The molecule has 0 aliphatic carbocycles. The number of esters is 1. The number of ether oxygens (including phenoxy) is 2. The van der Waals surface area contributed by atoms with E-state index in [1.807, 2.05) is 43.3 Å². The van der Waals surface area contributed by atoms with Crippen LogP contribution in [0.1, 0.15) is 19.4 Å². The number of carbonyl (C=O) groups excluding carboxylic acids is 1. The van der Waals surface area contributed by atoms with E-state index < -0.39 is 0 Å². The molecule has 3 heteroatoms. The van der Waals surface area contributed by atoms with Crippen molar-refractivity contribution in [3.05, 3.63) is 59.2 Å². The zero-order valence-electron chi connectivity index (χ0n) is 11.8. The van der Waals surface area contributed by atoms with Crippen molar-refractivity contribution in [1.82, 2.24) is 0 Å². The predicted molar refractivity (Wildman–Crippen MR) is 79.4 cm³/mol. The van der Waals surface area contributed by atoms with Crippen LogP contribution in [0.5, 0.6) is 5.75 Å². The highest BCUT2D eigenvalue weighted by Gasteiger charge is 2.08. The van der Waals surface area contributed by atoms with Gasteiger partial charge in [-0.05, 0) is 37.1 Å². The summed E-state index contributed by atoms with van der Waals surface area (Å²) in [6.45, 7) is 4.59. The number of rotatable bonds is 4. The molecule has 104 valence electrons. The summed E-state index contributed by atoms with van der Waals surface area (Å²) in [5.41, 5.74) is 2.99. The molecule has 1 aromatic rings. The van der Waals surface area contributed by atoms with Crippen LogP contribution in [0.4, 0.5) is 0 Å². The van der Waals surface area contributed by atoms with E-state index in [0.717, 1.165) is 22.5 Å². The quantitative estimate of drug-likeness (QED) is 0.477. The number of hydrogen-bond acceptors (Lipinski definition) is 3. The molecule has 0 saturated heterocycles. The Morgan fingerprint density at radius 2 is 2.20 bits per heavy atom. The highest BCUT2D eigenvalue weighted by molar-refractivity contribution is 5.83. The van der Waals surface area contributed by atoms with E-state index in [1.54, 1.807) is 6.92 Å². The minimum Gasteiger partial charge on any atom is -0.488 e. The molecule has 0 spiro atoms. The molecule has 1 aromatic carbocycles. The Morgan fingerprint density at radius 3 is 3.00 bits per heavy atom. The molecule has 1 aliphatic heterocycles. The molecule has 0 aromatic heterocycles.